The third-order valence-electron chi connectivity index (χ3n) is 2.55. The fourth-order valence-electron chi connectivity index (χ4n) is 1.57. The highest BCUT2D eigenvalue weighted by atomic mass is 79.9. The number of benzene rings is 1. The molecule has 6 heteroatoms. The molecule has 0 amide bonds. The second-order valence-corrected chi connectivity index (χ2v) is 4.79. The van der Waals surface area contributed by atoms with E-state index in [0.29, 0.717) is 18.8 Å². The largest absolute Gasteiger partial charge is 0.487 e. The molecule has 0 unspecified atom stereocenters. The van der Waals surface area contributed by atoms with Crippen LogP contribution in [0.2, 0.25) is 0 Å². The molecular formula is C12H14BrN3O2. The maximum absolute atomic E-state index is 5.73. The van der Waals surface area contributed by atoms with Gasteiger partial charge in [0.25, 0.3) is 0 Å². The number of nitrogens with two attached hydrogens (primary N) is 1. The number of ether oxygens (including phenoxy) is 1. The Kier molecular flexibility index (Phi) is 4.33. The van der Waals surface area contributed by atoms with Gasteiger partial charge in [-0.2, -0.15) is 0 Å². The van der Waals surface area contributed by atoms with Crippen molar-refractivity contribution in [2.75, 3.05) is 6.54 Å². The number of aromatic nitrogens is 2. The molecule has 1 aromatic carbocycles. The lowest BCUT2D eigenvalue weighted by molar-refractivity contribution is 0.268. The predicted molar refractivity (Wildman–Crippen MR) is 70.3 cm³/mol. The molecular weight excluding hydrogens is 298 g/mol. The van der Waals surface area contributed by atoms with Crippen LogP contribution in [-0.2, 0) is 13.0 Å². The van der Waals surface area contributed by atoms with Crippen LogP contribution >= 0.6 is 15.9 Å². The van der Waals surface area contributed by atoms with Crippen molar-refractivity contribution >= 4 is 15.9 Å². The summed E-state index contributed by atoms with van der Waals surface area (Å²) in [4.78, 5) is 0. The first-order chi connectivity index (χ1) is 8.70. The third-order valence-corrected chi connectivity index (χ3v) is 3.04. The van der Waals surface area contributed by atoms with E-state index in [-0.39, 0.29) is 0 Å². The van der Waals surface area contributed by atoms with Crippen molar-refractivity contribution in [2.45, 2.75) is 20.0 Å². The Labute approximate surface area is 113 Å². The summed E-state index contributed by atoms with van der Waals surface area (Å²) >= 11 is 3.43. The first kappa shape index (κ1) is 13.0. The van der Waals surface area contributed by atoms with Crippen molar-refractivity contribution in [3.05, 3.63) is 39.6 Å². The molecule has 0 aliphatic heterocycles. The summed E-state index contributed by atoms with van der Waals surface area (Å²) in [6.07, 6.45) is 0.769. The topological polar surface area (TPSA) is 74.2 Å². The standard InChI is InChI=1S/C12H14BrN3O2/c1-8-11(16-18-15-8)7-17-12-3-2-10(13)6-9(12)4-5-14/h2-3,6H,4-5,7,14H2,1H3. The lowest BCUT2D eigenvalue weighted by Gasteiger charge is -2.10. The van der Waals surface area contributed by atoms with Gasteiger partial charge in [0.2, 0.25) is 0 Å². The molecule has 2 rings (SSSR count). The normalized spacial score (nSPS) is 10.6. The molecule has 18 heavy (non-hydrogen) atoms. The van der Waals surface area contributed by atoms with Crippen LogP contribution in [0.25, 0.3) is 0 Å². The fourth-order valence-corrected chi connectivity index (χ4v) is 1.97. The number of rotatable bonds is 5. The van der Waals surface area contributed by atoms with Crippen molar-refractivity contribution in [3.8, 4) is 5.75 Å². The highest BCUT2D eigenvalue weighted by Gasteiger charge is 2.08. The second kappa shape index (κ2) is 5.97. The molecule has 0 aliphatic carbocycles. The lowest BCUT2D eigenvalue weighted by Crippen LogP contribution is -2.06. The van der Waals surface area contributed by atoms with Gasteiger partial charge in [0, 0.05) is 4.47 Å². The molecule has 1 aromatic heterocycles. The molecule has 5 nitrogen and oxygen atoms in total. The Morgan fingerprint density at radius 3 is 2.89 bits per heavy atom. The van der Waals surface area contributed by atoms with Gasteiger partial charge in [0.05, 0.1) is 0 Å². The van der Waals surface area contributed by atoms with Crippen LogP contribution in [0.1, 0.15) is 17.0 Å². The first-order valence-corrected chi connectivity index (χ1v) is 6.39. The van der Waals surface area contributed by atoms with Crippen molar-refractivity contribution < 1.29 is 9.37 Å². The molecule has 0 saturated carbocycles. The summed E-state index contributed by atoms with van der Waals surface area (Å²) in [5.41, 5.74) is 8.10. The maximum Gasteiger partial charge on any atom is 0.145 e. The molecule has 96 valence electrons. The van der Waals surface area contributed by atoms with Crippen LogP contribution < -0.4 is 10.5 Å². The van der Waals surface area contributed by atoms with E-state index in [9.17, 15) is 0 Å². The van der Waals surface area contributed by atoms with E-state index in [1.807, 2.05) is 25.1 Å². The quantitative estimate of drug-likeness (QED) is 0.916. The van der Waals surface area contributed by atoms with Gasteiger partial charge in [-0.3, -0.25) is 0 Å². The summed E-state index contributed by atoms with van der Waals surface area (Å²) in [5.74, 6) is 0.811. The summed E-state index contributed by atoms with van der Waals surface area (Å²) in [6, 6.07) is 5.86. The highest BCUT2D eigenvalue weighted by Crippen LogP contribution is 2.24. The van der Waals surface area contributed by atoms with E-state index in [4.69, 9.17) is 10.5 Å². The van der Waals surface area contributed by atoms with Crippen LogP contribution in [0.15, 0.2) is 27.3 Å². The zero-order valence-corrected chi connectivity index (χ0v) is 11.6. The number of hydrogen-bond donors (Lipinski definition) is 1. The number of aryl methyl sites for hydroxylation is 1. The first-order valence-electron chi connectivity index (χ1n) is 5.60. The second-order valence-electron chi connectivity index (χ2n) is 3.88. The van der Waals surface area contributed by atoms with Crippen LogP contribution in [0.3, 0.4) is 0 Å². The Morgan fingerprint density at radius 1 is 1.39 bits per heavy atom. The van der Waals surface area contributed by atoms with Gasteiger partial charge >= 0.3 is 0 Å². The molecule has 2 aromatic rings. The number of hydrogen-bond acceptors (Lipinski definition) is 5. The Bertz CT molecular complexity index is 528. The van der Waals surface area contributed by atoms with E-state index < -0.39 is 0 Å². The van der Waals surface area contributed by atoms with Crippen molar-refractivity contribution in [1.82, 2.24) is 10.3 Å². The summed E-state index contributed by atoms with van der Waals surface area (Å²) in [5, 5.41) is 7.49. The lowest BCUT2D eigenvalue weighted by atomic mass is 10.1. The van der Waals surface area contributed by atoms with Gasteiger partial charge in [-0.25, -0.2) is 4.63 Å². The van der Waals surface area contributed by atoms with Crippen molar-refractivity contribution in [2.24, 2.45) is 5.73 Å². The van der Waals surface area contributed by atoms with Crippen LogP contribution in [0.4, 0.5) is 0 Å². The van der Waals surface area contributed by atoms with E-state index >= 15 is 0 Å². The van der Waals surface area contributed by atoms with Gasteiger partial charge < -0.3 is 10.5 Å². The molecule has 0 aliphatic rings. The average Bonchev–Trinajstić information content (AvgIpc) is 2.74. The number of halogens is 1. The molecule has 2 N–H and O–H groups in total. The van der Waals surface area contributed by atoms with E-state index in [0.717, 1.165) is 27.9 Å². The minimum Gasteiger partial charge on any atom is -0.487 e. The zero-order valence-electron chi connectivity index (χ0n) is 10.0. The van der Waals surface area contributed by atoms with Gasteiger partial charge in [0.1, 0.15) is 23.7 Å². The van der Waals surface area contributed by atoms with Crippen molar-refractivity contribution in [1.29, 1.82) is 0 Å². The minimum absolute atomic E-state index is 0.342. The molecule has 0 spiro atoms. The zero-order chi connectivity index (χ0) is 13.0. The van der Waals surface area contributed by atoms with Gasteiger partial charge in [-0.1, -0.05) is 26.2 Å². The molecule has 0 fully saturated rings. The van der Waals surface area contributed by atoms with Crippen LogP contribution in [-0.4, -0.2) is 16.9 Å². The highest BCUT2D eigenvalue weighted by molar-refractivity contribution is 9.10. The fraction of sp³-hybridized carbons (Fsp3) is 0.333. The van der Waals surface area contributed by atoms with E-state index in [1.54, 1.807) is 0 Å². The van der Waals surface area contributed by atoms with E-state index in [1.165, 1.54) is 0 Å². The monoisotopic (exact) mass is 311 g/mol. The van der Waals surface area contributed by atoms with Gasteiger partial charge in [-0.15, -0.1) is 0 Å². The van der Waals surface area contributed by atoms with Crippen molar-refractivity contribution in [3.63, 3.8) is 0 Å². The predicted octanol–water partition coefficient (Wildman–Crippen LogP) is 2.22. The number of nitrogens with zero attached hydrogens (tertiary/aromatic N) is 2. The molecule has 0 radical (unpaired) electrons. The molecule has 0 saturated heterocycles. The minimum atomic E-state index is 0.342. The Balaban J connectivity index is 2.11. The molecule has 1 heterocycles. The smallest absolute Gasteiger partial charge is 0.145 e. The van der Waals surface area contributed by atoms with Gasteiger partial charge in [0.15, 0.2) is 0 Å². The average molecular weight is 312 g/mol. The van der Waals surface area contributed by atoms with Crippen LogP contribution in [0, 0.1) is 6.92 Å². The van der Waals surface area contributed by atoms with Gasteiger partial charge in [-0.05, 0) is 43.7 Å². The Hall–Kier alpha value is -1.40. The maximum atomic E-state index is 5.73. The summed E-state index contributed by atoms with van der Waals surface area (Å²) in [6.45, 7) is 2.75. The summed E-state index contributed by atoms with van der Waals surface area (Å²) < 4.78 is 11.4. The molecule has 0 atom stereocenters. The molecule has 0 bridgehead atoms. The van der Waals surface area contributed by atoms with E-state index in [2.05, 4.69) is 30.9 Å². The van der Waals surface area contributed by atoms with Crippen LogP contribution in [0.5, 0.6) is 5.75 Å². The third kappa shape index (κ3) is 3.08. The Morgan fingerprint density at radius 2 is 2.22 bits per heavy atom. The SMILES string of the molecule is Cc1nonc1COc1ccc(Br)cc1CCN. The summed E-state index contributed by atoms with van der Waals surface area (Å²) in [7, 11) is 0.